The van der Waals surface area contributed by atoms with Crippen molar-refractivity contribution < 1.29 is 140 Å². The van der Waals surface area contributed by atoms with Gasteiger partial charge in [0.1, 0.15) is 48.6 Å². The SMILES string of the molecule is [2H]C([2H])([2H])Oc1cc2c(cc1OC)C1([2H])N(C([2H])([2H])C2([2H])[2H])C([2H])([2H])C([2H])(CC(C)(C)C)C(OC(=O)[C@@H](N)C(C)C)C1([2H])[2H].[2H]C([2H])([2H])Oc1cc2c(cc1OC)C1([2H])N(C([2H])([2H])C2([2H])[2H])C([2H])([2H])C([2H])(CC(C)C)C(OC(=O)[C@@H](N)C(C)C)C1([2H])[2H].[2H]C1([2H])c2cc(OC)c(OC)cc2C2([2H])N(C1([2H])[2H])C([2H])([2H])C([2H])(CC(C)C)C(OC(=O)[C@@H](N)C(C)C)C2([2H])[2H].[2H]C1([2H])c2cc(OC)c(OC)cc2C2([2H])N(C1([2H])[2H])C([2H])([2H])C([2H])(CC(C)C)C([2H])(OC(=O)[C@@H](N)C(C)C)C2([2H])[2H]. The largest absolute Gasteiger partial charge is 0.493 e. The van der Waals surface area contributed by atoms with Crippen molar-refractivity contribution >= 4 is 23.9 Å². The number of piperidine rings is 4. The Morgan fingerprint density at radius 3 is 0.876 bits per heavy atom. The zero-order valence-electron chi connectivity index (χ0n) is 120. The molecule has 0 amide bonds. The number of aryl methyl sites for hydroxylation is 4. The van der Waals surface area contributed by atoms with Crippen LogP contribution in [0.25, 0.3) is 0 Å². The molecule has 12 rings (SSSR count). The summed E-state index contributed by atoms with van der Waals surface area (Å²) in [6, 6.07) is -10.4. The number of hydrogen-bond acceptors (Lipinski definition) is 24. The second kappa shape index (κ2) is 43.6. The summed E-state index contributed by atoms with van der Waals surface area (Å²) in [6.45, 7) is -0.160. The number of rotatable bonds is 27. The van der Waals surface area contributed by atoms with Gasteiger partial charge in [0.15, 0.2) is 46.0 Å². The highest BCUT2D eigenvalue weighted by Crippen LogP contribution is 2.51. The second-order valence-electron chi connectivity index (χ2n) is 33.4. The first-order chi connectivity index (χ1) is 75.0. The van der Waals surface area contributed by atoms with Gasteiger partial charge < -0.3 is 79.8 Å². The molecule has 8 heterocycles. The van der Waals surface area contributed by atoms with Gasteiger partial charge in [-0.2, -0.15) is 0 Å². The highest BCUT2D eigenvalue weighted by atomic mass is 16.6. The van der Waals surface area contributed by atoms with Gasteiger partial charge in [0.2, 0.25) is 0 Å². The fraction of sp³-hybridized carbons (Fsp3) is 0.711. The lowest BCUT2D eigenvalue weighted by molar-refractivity contribution is -0.161. The fourth-order valence-electron chi connectivity index (χ4n) is 12.9. The summed E-state index contributed by atoms with van der Waals surface area (Å²) >= 11 is 0. The first-order valence-electron chi connectivity index (χ1n) is 63.5. The highest BCUT2D eigenvalue weighted by Gasteiger charge is 2.48. The monoisotopic (exact) mass is 1730 g/mol. The summed E-state index contributed by atoms with van der Waals surface area (Å²) in [4.78, 5) is 52.9. The third-order valence-electron chi connectivity index (χ3n) is 19.7. The van der Waals surface area contributed by atoms with Gasteiger partial charge >= 0.3 is 23.9 Å². The van der Waals surface area contributed by atoms with E-state index in [1.54, 1.807) is 118 Å². The van der Waals surface area contributed by atoms with Crippen LogP contribution >= 0.6 is 0 Å². The number of benzene rings is 4. The maximum absolute atomic E-state index is 13.2. The van der Waals surface area contributed by atoms with Crippen LogP contribution in [0, 0.1) is 70.4 Å². The van der Waals surface area contributed by atoms with E-state index in [-0.39, 0.29) is 42.6 Å². The summed E-state index contributed by atoms with van der Waals surface area (Å²) in [5, 5.41) is 0. The predicted octanol–water partition coefficient (Wildman–Crippen LogP) is 14.6. The van der Waals surface area contributed by atoms with Gasteiger partial charge in [-0.05, 0) is 191 Å². The smallest absolute Gasteiger partial charge is 0.323 e. The molecule has 4 aromatic rings. The summed E-state index contributed by atoms with van der Waals surface area (Å²) in [6.07, 6.45) is -38.5. The zero-order chi connectivity index (χ0) is 131. The van der Waals surface area contributed by atoms with E-state index >= 15 is 0 Å². The van der Waals surface area contributed by atoms with Gasteiger partial charge in [0.05, 0.1) is 71.8 Å². The van der Waals surface area contributed by atoms with E-state index in [2.05, 4.69) is 0 Å². The van der Waals surface area contributed by atoms with Crippen molar-refractivity contribution in [2.24, 2.45) is 93.4 Å². The molecule has 0 radical (unpaired) electrons. The second-order valence-corrected chi connectivity index (χ2v) is 33.4. The number of carbonyl (C=O) groups is 4. The van der Waals surface area contributed by atoms with E-state index in [1.165, 1.54) is 28.4 Å². The lowest BCUT2D eigenvalue weighted by Gasteiger charge is -2.48. The number of carbonyl (C=O) groups excluding carboxylic acids is 4. The number of ether oxygens (including phenoxy) is 12. The van der Waals surface area contributed by atoms with Gasteiger partial charge in [0.25, 0.3) is 0 Å². The Hall–Kier alpha value is -7.16. The van der Waals surface area contributed by atoms with Gasteiger partial charge in [-0.25, -0.2) is 0 Å². The molecule has 0 aliphatic carbocycles. The molecule has 4 saturated heterocycles. The maximum Gasteiger partial charge on any atom is 0.323 e. The Labute approximate surface area is 791 Å². The van der Waals surface area contributed by atoms with Crippen LogP contribution < -0.4 is 60.8 Å². The van der Waals surface area contributed by atoms with Gasteiger partial charge in [-0.1, -0.05) is 118 Å². The molecule has 678 valence electrons. The first kappa shape index (κ1) is 50.8. The fourth-order valence-corrected chi connectivity index (χ4v) is 12.9. The number of methoxy groups -OCH3 is 8. The molecule has 24 heteroatoms. The average molecular weight is 1740 g/mol. The van der Waals surface area contributed by atoms with Crippen LogP contribution in [0.3, 0.4) is 0 Å². The number of esters is 4. The Morgan fingerprint density at radius 1 is 0.372 bits per heavy atom. The van der Waals surface area contributed by atoms with E-state index < -0.39 is 377 Å². The maximum atomic E-state index is 13.2. The molecule has 8 N–H and O–H groups in total. The lowest BCUT2D eigenvalue weighted by Crippen LogP contribution is -2.51. The van der Waals surface area contributed by atoms with Crippen LogP contribution in [0.4, 0.5) is 0 Å². The Bertz CT molecular complexity index is 6420. The Morgan fingerprint density at radius 2 is 0.612 bits per heavy atom. The highest BCUT2D eigenvalue weighted by molar-refractivity contribution is 5.77. The number of hydrogen-bond donors (Lipinski definition) is 4. The molecule has 4 aromatic carbocycles. The number of nitrogens with zero attached hydrogens (tertiary/aromatic N) is 4. The third kappa shape index (κ3) is 24.5. The Balaban J connectivity index is 0.000000246. The van der Waals surface area contributed by atoms with E-state index in [4.69, 9.17) is 118 Å². The van der Waals surface area contributed by atoms with Crippen molar-refractivity contribution in [1.29, 1.82) is 0 Å². The molecular weight excluding hydrogens is 1530 g/mol. The average Bonchev–Trinajstić information content (AvgIpc) is 0.637. The molecule has 12 unspecified atom stereocenters. The van der Waals surface area contributed by atoms with E-state index in [1.807, 2.05) is 0 Å². The first-order valence-corrected chi connectivity index (χ1v) is 40.0. The minimum absolute atomic E-state index is 0.0158. The molecule has 4 fully saturated rings. The molecular formula is C97H154N8O16. The lowest BCUT2D eigenvalue weighted by atomic mass is 9.75. The van der Waals surface area contributed by atoms with Gasteiger partial charge in [0, 0.05) is 174 Å². The third-order valence-corrected chi connectivity index (χ3v) is 19.7. The molecule has 24 nitrogen and oxygen atoms in total. The molecule has 121 heavy (non-hydrogen) atoms. The molecule has 0 spiro atoms. The van der Waals surface area contributed by atoms with E-state index in [0.29, 0.717) is 0 Å². The van der Waals surface area contributed by atoms with Crippen LogP contribution in [0.5, 0.6) is 46.0 Å². The summed E-state index contributed by atoms with van der Waals surface area (Å²) < 4.78 is 483. The van der Waals surface area contributed by atoms with Gasteiger partial charge in [-0.15, -0.1) is 0 Å². The minimum atomic E-state index is -3.58. The Kier molecular flexibility index (Phi) is 18.3. The van der Waals surface area contributed by atoms with Crippen molar-refractivity contribution in [2.75, 3.05) is 109 Å². The van der Waals surface area contributed by atoms with Gasteiger partial charge in [-0.3, -0.25) is 38.8 Å². The van der Waals surface area contributed by atoms with Crippen molar-refractivity contribution in [3.8, 4) is 46.0 Å². The topological polar surface area (TPSA) is 296 Å². The standard InChI is InChI=1S/C25H40N2O4.3C24H38N2O4/c1-15(2)23(26)24(28)31-20-12-19-18-11-22(30-7)21(29-6)10-16(18)8-9-27(19)14-17(20)13-25(3,4)5;3*1-14(2)9-17-13-26-8-7-16-10-21(28-5)22(29-6)11-18(16)19(26)12-20(17)30-24(27)23(25)15(3)4/h10-11,15,17,19-20,23H,8-9,12-14,26H2,1-7H3;3*10-11,14-15,17,19-20,23H,7-9,12-13,25H2,1-6H3/t4*17?,19?,20?,23-/m0000/s1/i6D3,8D2,9D2,12D2,14D2,17D,19D;7D2,8D2,12D2,13D2,17D,19D,20D;5D3,7D2,8D2,12D2,13D2,17D,19D;7D2,8D2,12D2,13D2,17D,19D. The van der Waals surface area contributed by atoms with E-state index in [9.17, 15) is 45.2 Å². The predicted molar refractivity (Wildman–Crippen MR) is 476 cm³/mol. The normalized spacial score (nSPS) is 43.0. The minimum Gasteiger partial charge on any atom is -0.493 e. The van der Waals surface area contributed by atoms with Crippen LogP contribution in [0.1, 0.15) is 302 Å². The van der Waals surface area contributed by atoms with Crippen LogP contribution in [-0.2, 0) is 63.6 Å². The zero-order valence-corrected chi connectivity index (χ0v) is 73.2. The van der Waals surface area contributed by atoms with Crippen molar-refractivity contribution in [3.05, 3.63) is 93.0 Å². The molecule has 16 atom stereocenters. The molecule has 0 saturated carbocycles. The molecule has 8 aliphatic rings. The van der Waals surface area contributed by atoms with Crippen molar-refractivity contribution in [3.63, 3.8) is 0 Å². The molecule has 0 aromatic heterocycles. The molecule has 8 aliphatic heterocycles. The summed E-state index contributed by atoms with van der Waals surface area (Å²) in [5.41, 5.74) is 18.1. The van der Waals surface area contributed by atoms with E-state index in [0.717, 1.165) is 62.8 Å². The summed E-state index contributed by atoms with van der Waals surface area (Å²) in [5.74, 6) is -21.8. The molecule has 0 bridgehead atoms. The van der Waals surface area contributed by atoms with Crippen LogP contribution in [-0.4, -0.2) is 201 Å². The quantitative estimate of drug-likeness (QED) is 0.0318. The summed E-state index contributed by atoms with van der Waals surface area (Å²) in [7, 11) is 1.09. The van der Waals surface area contributed by atoms with Crippen molar-refractivity contribution in [1.82, 2.24) is 19.6 Å². The van der Waals surface area contributed by atoms with Crippen molar-refractivity contribution in [2.45, 2.75) is 267 Å². The number of fused-ring (bicyclic) bond motifs is 12. The number of nitrogens with two attached hydrogens (primary N) is 4. The van der Waals surface area contributed by atoms with Crippen LogP contribution in [0.15, 0.2) is 48.5 Å². The van der Waals surface area contributed by atoms with Crippen LogP contribution in [0.2, 0.25) is 0 Å².